The maximum Gasteiger partial charge on any atom is 0.272 e. The van der Waals surface area contributed by atoms with Gasteiger partial charge in [-0.3, -0.25) is 19.4 Å². The largest absolute Gasteiger partial charge is 0.381 e. The molecule has 25 heavy (non-hydrogen) atoms. The second-order valence-electron chi connectivity index (χ2n) is 6.71. The molecule has 1 amide bonds. The highest BCUT2D eigenvalue weighted by molar-refractivity contribution is 5.92. The van der Waals surface area contributed by atoms with Crippen molar-refractivity contribution >= 4 is 5.91 Å². The molecule has 7 heteroatoms. The first kappa shape index (κ1) is 16.2. The topological polar surface area (TPSA) is 72.3 Å². The maximum absolute atomic E-state index is 12.4. The number of aromatic nitrogens is 3. The molecule has 2 aromatic heterocycles. The molecule has 1 saturated heterocycles. The number of hydrogen-bond acceptors (Lipinski definition) is 5. The first-order chi connectivity index (χ1) is 12.3. The highest BCUT2D eigenvalue weighted by Crippen LogP contribution is 2.19. The molecule has 0 aromatic carbocycles. The van der Waals surface area contributed by atoms with Crippen molar-refractivity contribution in [3.63, 3.8) is 0 Å². The van der Waals surface area contributed by atoms with Gasteiger partial charge >= 0.3 is 0 Å². The van der Waals surface area contributed by atoms with E-state index in [1.807, 2.05) is 28.9 Å². The number of hydrogen-bond donors (Lipinski definition) is 1. The lowest BCUT2D eigenvalue weighted by atomic mass is 10.1. The standard InChI is InChI=1S/C18H23N5O2/c24-18(20-10-15-3-1-2-5-19-15)17-9-16-12-22(6-7-23(16)21-17)11-14-4-8-25-13-14/h1-3,5,9,14H,4,6-8,10-13H2,(H,20,24)/t14-/m0/s1. The van der Waals surface area contributed by atoms with E-state index in [4.69, 9.17) is 4.74 Å². The molecule has 0 aliphatic carbocycles. The van der Waals surface area contributed by atoms with Crippen molar-refractivity contribution in [2.75, 3.05) is 26.3 Å². The van der Waals surface area contributed by atoms with Gasteiger partial charge in [0.05, 0.1) is 31.1 Å². The molecule has 7 nitrogen and oxygen atoms in total. The van der Waals surface area contributed by atoms with Crippen LogP contribution in [0.5, 0.6) is 0 Å². The van der Waals surface area contributed by atoms with Gasteiger partial charge in [0, 0.05) is 32.4 Å². The van der Waals surface area contributed by atoms with Gasteiger partial charge in [0.25, 0.3) is 5.91 Å². The number of amides is 1. The predicted octanol–water partition coefficient (Wildman–Crippen LogP) is 1.06. The highest BCUT2D eigenvalue weighted by Gasteiger charge is 2.24. The van der Waals surface area contributed by atoms with Crippen molar-refractivity contribution < 1.29 is 9.53 Å². The summed E-state index contributed by atoms with van der Waals surface area (Å²) in [6, 6.07) is 7.57. The molecule has 0 spiro atoms. The van der Waals surface area contributed by atoms with E-state index >= 15 is 0 Å². The fraction of sp³-hybridized carbons (Fsp3) is 0.500. The van der Waals surface area contributed by atoms with Gasteiger partial charge in [-0.1, -0.05) is 6.07 Å². The number of fused-ring (bicyclic) bond motifs is 1. The average Bonchev–Trinajstić information content (AvgIpc) is 3.30. The van der Waals surface area contributed by atoms with Gasteiger partial charge in [0.15, 0.2) is 5.69 Å². The molecule has 4 heterocycles. The third-order valence-corrected chi connectivity index (χ3v) is 4.81. The van der Waals surface area contributed by atoms with Crippen LogP contribution in [0.4, 0.5) is 0 Å². The summed E-state index contributed by atoms with van der Waals surface area (Å²) in [5, 5.41) is 7.35. The molecule has 2 aliphatic rings. The normalized spacial score (nSPS) is 20.4. The van der Waals surface area contributed by atoms with Crippen molar-refractivity contribution in [1.29, 1.82) is 0 Å². The van der Waals surface area contributed by atoms with Crippen molar-refractivity contribution in [2.24, 2.45) is 5.92 Å². The molecular formula is C18H23N5O2. The third-order valence-electron chi connectivity index (χ3n) is 4.81. The zero-order valence-corrected chi connectivity index (χ0v) is 14.2. The van der Waals surface area contributed by atoms with Gasteiger partial charge in [-0.25, -0.2) is 0 Å². The number of rotatable bonds is 5. The van der Waals surface area contributed by atoms with Gasteiger partial charge in [-0.2, -0.15) is 5.10 Å². The molecular weight excluding hydrogens is 318 g/mol. The summed E-state index contributed by atoms with van der Waals surface area (Å²) >= 11 is 0. The second-order valence-corrected chi connectivity index (χ2v) is 6.71. The van der Waals surface area contributed by atoms with Crippen molar-refractivity contribution in [3.8, 4) is 0 Å². The quantitative estimate of drug-likeness (QED) is 0.880. The summed E-state index contributed by atoms with van der Waals surface area (Å²) in [6.45, 7) is 5.88. The maximum atomic E-state index is 12.4. The molecule has 1 fully saturated rings. The van der Waals surface area contributed by atoms with Crippen LogP contribution in [0.3, 0.4) is 0 Å². The van der Waals surface area contributed by atoms with Gasteiger partial charge in [0.1, 0.15) is 0 Å². The molecule has 4 rings (SSSR count). The van der Waals surface area contributed by atoms with Crippen LogP contribution in [0.15, 0.2) is 30.5 Å². The second kappa shape index (κ2) is 7.33. The Bertz CT molecular complexity index is 724. The van der Waals surface area contributed by atoms with Crippen LogP contribution in [-0.2, 0) is 24.4 Å². The summed E-state index contributed by atoms with van der Waals surface area (Å²) in [4.78, 5) is 19.0. The molecule has 1 atom stereocenters. The van der Waals surface area contributed by atoms with E-state index in [2.05, 4.69) is 20.3 Å². The number of ether oxygens (including phenoxy) is 1. The zero-order chi connectivity index (χ0) is 17.1. The average molecular weight is 341 g/mol. The van der Waals surface area contributed by atoms with E-state index in [1.165, 1.54) is 0 Å². The predicted molar refractivity (Wildman–Crippen MR) is 91.8 cm³/mol. The molecule has 0 bridgehead atoms. The van der Waals surface area contributed by atoms with Crippen LogP contribution in [0.2, 0.25) is 0 Å². The Balaban J connectivity index is 1.35. The minimum Gasteiger partial charge on any atom is -0.381 e. The summed E-state index contributed by atoms with van der Waals surface area (Å²) in [6.07, 6.45) is 2.87. The van der Waals surface area contributed by atoms with E-state index in [1.54, 1.807) is 6.20 Å². The smallest absolute Gasteiger partial charge is 0.272 e. The number of carbonyl (C=O) groups is 1. The Hall–Kier alpha value is -2.25. The van der Waals surface area contributed by atoms with Crippen LogP contribution in [0, 0.1) is 5.92 Å². The van der Waals surface area contributed by atoms with Gasteiger partial charge in [-0.15, -0.1) is 0 Å². The first-order valence-electron chi connectivity index (χ1n) is 8.83. The van der Waals surface area contributed by atoms with Crippen LogP contribution in [0.25, 0.3) is 0 Å². The molecule has 0 saturated carbocycles. The Morgan fingerprint density at radius 1 is 1.36 bits per heavy atom. The monoisotopic (exact) mass is 341 g/mol. The van der Waals surface area contributed by atoms with E-state index in [0.717, 1.165) is 57.2 Å². The van der Waals surface area contributed by atoms with Crippen molar-refractivity contribution in [3.05, 3.63) is 47.5 Å². The van der Waals surface area contributed by atoms with E-state index in [-0.39, 0.29) is 5.91 Å². The van der Waals surface area contributed by atoms with Gasteiger partial charge in [0.2, 0.25) is 0 Å². The van der Waals surface area contributed by atoms with Crippen LogP contribution < -0.4 is 5.32 Å². The van der Waals surface area contributed by atoms with E-state index in [9.17, 15) is 4.79 Å². The molecule has 132 valence electrons. The molecule has 0 unspecified atom stereocenters. The van der Waals surface area contributed by atoms with E-state index < -0.39 is 0 Å². The fourth-order valence-electron chi connectivity index (χ4n) is 3.44. The Morgan fingerprint density at radius 2 is 2.32 bits per heavy atom. The summed E-state index contributed by atoms with van der Waals surface area (Å²) in [5.74, 6) is 0.485. The summed E-state index contributed by atoms with van der Waals surface area (Å²) < 4.78 is 7.42. The van der Waals surface area contributed by atoms with Gasteiger partial charge in [-0.05, 0) is 30.5 Å². The lowest BCUT2D eigenvalue weighted by Gasteiger charge is -2.29. The first-order valence-corrected chi connectivity index (χ1v) is 8.83. The summed E-state index contributed by atoms with van der Waals surface area (Å²) in [5.41, 5.74) is 2.43. The Kier molecular flexibility index (Phi) is 4.76. The highest BCUT2D eigenvalue weighted by atomic mass is 16.5. The lowest BCUT2D eigenvalue weighted by Crippen LogP contribution is -2.37. The number of carbonyl (C=O) groups excluding carboxylic acids is 1. The zero-order valence-electron chi connectivity index (χ0n) is 14.2. The lowest BCUT2D eigenvalue weighted by molar-refractivity contribution is 0.0944. The SMILES string of the molecule is O=C(NCc1ccccn1)c1cc2n(n1)CCN(C[C@@H]1CCOC1)C2. The number of pyridine rings is 1. The van der Waals surface area contributed by atoms with E-state index in [0.29, 0.717) is 18.2 Å². The number of nitrogens with one attached hydrogen (secondary N) is 1. The van der Waals surface area contributed by atoms with Gasteiger partial charge < -0.3 is 10.1 Å². The fourth-order valence-corrected chi connectivity index (χ4v) is 3.44. The minimum absolute atomic E-state index is 0.150. The van der Waals surface area contributed by atoms with Crippen LogP contribution >= 0.6 is 0 Å². The van der Waals surface area contributed by atoms with Crippen LogP contribution in [-0.4, -0.2) is 51.9 Å². The minimum atomic E-state index is -0.150. The molecule has 1 N–H and O–H groups in total. The van der Waals surface area contributed by atoms with Crippen LogP contribution in [0.1, 0.15) is 28.3 Å². The van der Waals surface area contributed by atoms with Crippen molar-refractivity contribution in [2.45, 2.75) is 26.1 Å². The molecule has 2 aliphatic heterocycles. The van der Waals surface area contributed by atoms with Crippen molar-refractivity contribution in [1.82, 2.24) is 25.0 Å². The summed E-state index contributed by atoms with van der Waals surface area (Å²) in [7, 11) is 0. The Labute approximate surface area is 147 Å². The molecule has 0 radical (unpaired) electrons. The number of nitrogens with zero attached hydrogens (tertiary/aromatic N) is 4. The molecule has 2 aromatic rings. The Morgan fingerprint density at radius 3 is 3.12 bits per heavy atom. The third kappa shape index (κ3) is 3.88.